The van der Waals surface area contributed by atoms with Crippen molar-refractivity contribution in [1.29, 1.82) is 0 Å². The lowest BCUT2D eigenvalue weighted by Gasteiger charge is -2.36. The number of piperidine rings is 1. The van der Waals surface area contributed by atoms with Gasteiger partial charge in [0.2, 0.25) is 0 Å². The second kappa shape index (κ2) is 5.53. The van der Waals surface area contributed by atoms with Gasteiger partial charge in [-0.3, -0.25) is 4.79 Å². The first-order chi connectivity index (χ1) is 11.1. The molecule has 0 unspecified atom stereocenters. The van der Waals surface area contributed by atoms with Crippen LogP contribution < -0.4 is 0 Å². The summed E-state index contributed by atoms with van der Waals surface area (Å²) < 4.78 is 0. The van der Waals surface area contributed by atoms with Crippen LogP contribution in [0.15, 0.2) is 36.4 Å². The average molecular weight is 310 g/mol. The fourth-order valence-electron chi connectivity index (χ4n) is 4.19. The number of hydrogen-bond donors (Lipinski definition) is 1. The van der Waals surface area contributed by atoms with E-state index < -0.39 is 0 Å². The molecule has 2 aromatic carbocycles. The lowest BCUT2D eigenvalue weighted by Crippen LogP contribution is -2.47. The van der Waals surface area contributed by atoms with Crippen LogP contribution in [0.5, 0.6) is 5.75 Å². The molecule has 0 spiro atoms. The fraction of sp³-hybridized carbons (Fsp3) is 0.421. The average Bonchev–Trinajstić information content (AvgIpc) is 2.83. The lowest BCUT2D eigenvalue weighted by molar-refractivity contribution is 0.0586. The molecule has 3 aliphatic rings. The number of hydrogen-bond acceptors (Lipinski definition) is 3. The number of likely N-dealkylation sites (N-methyl/N-ethyl adjacent to an activating group) is 1. The number of carbonyl (C=O) groups excluding carboxylic acids is 1. The van der Waals surface area contributed by atoms with Crippen molar-refractivity contribution in [1.82, 2.24) is 9.80 Å². The zero-order valence-corrected chi connectivity index (χ0v) is 13.4. The Morgan fingerprint density at radius 3 is 2.78 bits per heavy atom. The van der Waals surface area contributed by atoms with E-state index in [4.69, 9.17) is 0 Å². The third-order valence-electron chi connectivity index (χ3n) is 5.28. The van der Waals surface area contributed by atoms with Crippen molar-refractivity contribution in [3.8, 4) is 5.75 Å². The normalized spacial score (nSPS) is 24.8. The standard InChI is InChI=1S/C19H22N2O2/c1-20-10-13-6-8-15(12-20)21(11-13)19(23)18-16-5-3-2-4-14(16)7-9-17(18)22/h2-5,7,9,13,15,22H,6,8,10-12H2,1H3/t13-,15+/m1/s1. The molecule has 120 valence electrons. The van der Waals surface area contributed by atoms with E-state index in [0.717, 1.165) is 36.8 Å². The molecule has 2 bridgehead atoms. The topological polar surface area (TPSA) is 43.8 Å². The van der Waals surface area contributed by atoms with Crippen LogP contribution in [0.25, 0.3) is 10.8 Å². The number of phenolic OH excluding ortho intramolecular Hbond substituents is 1. The van der Waals surface area contributed by atoms with Crippen LogP contribution in [-0.2, 0) is 0 Å². The number of nitrogens with zero attached hydrogens (tertiary/aromatic N) is 2. The Balaban J connectivity index is 1.76. The van der Waals surface area contributed by atoms with Crippen LogP contribution >= 0.6 is 0 Å². The Labute approximate surface area is 136 Å². The molecule has 3 heterocycles. The molecule has 5 rings (SSSR count). The minimum absolute atomic E-state index is 0.0238. The number of phenols is 1. The third-order valence-corrected chi connectivity index (χ3v) is 5.28. The summed E-state index contributed by atoms with van der Waals surface area (Å²) in [4.78, 5) is 17.6. The Morgan fingerprint density at radius 2 is 1.91 bits per heavy atom. The minimum atomic E-state index is -0.0238. The molecule has 0 aromatic heterocycles. The van der Waals surface area contributed by atoms with E-state index in [1.165, 1.54) is 6.42 Å². The lowest BCUT2D eigenvalue weighted by atomic mass is 9.93. The van der Waals surface area contributed by atoms with E-state index in [0.29, 0.717) is 11.5 Å². The zero-order valence-electron chi connectivity index (χ0n) is 13.4. The van der Waals surface area contributed by atoms with Gasteiger partial charge in [-0.1, -0.05) is 30.3 Å². The molecular weight excluding hydrogens is 288 g/mol. The maximum absolute atomic E-state index is 13.2. The van der Waals surface area contributed by atoms with Gasteiger partial charge < -0.3 is 14.9 Å². The molecule has 2 atom stereocenters. The van der Waals surface area contributed by atoms with Crippen molar-refractivity contribution >= 4 is 16.7 Å². The molecule has 4 nitrogen and oxygen atoms in total. The van der Waals surface area contributed by atoms with E-state index in [2.05, 4.69) is 11.9 Å². The quantitative estimate of drug-likeness (QED) is 0.881. The van der Waals surface area contributed by atoms with Gasteiger partial charge in [-0.25, -0.2) is 0 Å². The summed E-state index contributed by atoms with van der Waals surface area (Å²) in [6, 6.07) is 11.5. The molecule has 3 aliphatic heterocycles. The zero-order chi connectivity index (χ0) is 16.0. The Bertz CT molecular complexity index is 758. The number of rotatable bonds is 1. The SMILES string of the molecule is CN1C[C@H]2CC[C@@H](C1)N(C(=O)c1c(O)ccc3ccccc13)C2. The highest BCUT2D eigenvalue weighted by Crippen LogP contribution is 2.33. The Kier molecular flexibility index (Phi) is 3.49. The van der Waals surface area contributed by atoms with Crippen molar-refractivity contribution in [2.75, 3.05) is 26.7 Å². The van der Waals surface area contributed by atoms with Crippen molar-refractivity contribution in [2.24, 2.45) is 5.92 Å². The van der Waals surface area contributed by atoms with Gasteiger partial charge in [-0.2, -0.15) is 0 Å². The van der Waals surface area contributed by atoms with Crippen LogP contribution in [-0.4, -0.2) is 53.5 Å². The number of fused-ring (bicyclic) bond motifs is 5. The predicted molar refractivity (Wildman–Crippen MR) is 90.7 cm³/mol. The Hall–Kier alpha value is -2.07. The summed E-state index contributed by atoms with van der Waals surface area (Å²) in [6.45, 7) is 2.78. The van der Waals surface area contributed by atoms with Crippen LogP contribution in [0, 0.1) is 5.92 Å². The van der Waals surface area contributed by atoms with Crippen molar-refractivity contribution < 1.29 is 9.90 Å². The van der Waals surface area contributed by atoms with Gasteiger partial charge in [0.05, 0.1) is 5.56 Å². The van der Waals surface area contributed by atoms with Gasteiger partial charge in [0.15, 0.2) is 0 Å². The first-order valence-corrected chi connectivity index (χ1v) is 8.33. The molecule has 1 N–H and O–H groups in total. The van der Waals surface area contributed by atoms with Crippen molar-refractivity contribution in [2.45, 2.75) is 18.9 Å². The molecule has 23 heavy (non-hydrogen) atoms. The fourth-order valence-corrected chi connectivity index (χ4v) is 4.19. The second-order valence-electron chi connectivity index (χ2n) is 6.96. The van der Waals surface area contributed by atoms with Crippen LogP contribution in [0.2, 0.25) is 0 Å². The summed E-state index contributed by atoms with van der Waals surface area (Å²) in [7, 11) is 2.13. The largest absolute Gasteiger partial charge is 0.507 e. The number of amides is 1. The predicted octanol–water partition coefficient (Wildman–Crippen LogP) is 2.71. The maximum Gasteiger partial charge on any atom is 0.258 e. The van der Waals surface area contributed by atoms with Crippen molar-refractivity contribution in [3.63, 3.8) is 0 Å². The third kappa shape index (κ3) is 2.47. The maximum atomic E-state index is 13.2. The highest BCUT2D eigenvalue weighted by atomic mass is 16.3. The Morgan fingerprint density at radius 1 is 1.09 bits per heavy atom. The van der Waals surface area contributed by atoms with Gasteiger partial charge in [0.1, 0.15) is 5.75 Å². The molecule has 1 amide bonds. The number of aromatic hydroxyl groups is 1. The molecule has 0 radical (unpaired) electrons. The van der Waals surface area contributed by atoms with E-state index >= 15 is 0 Å². The summed E-state index contributed by atoms with van der Waals surface area (Å²) in [5, 5.41) is 12.2. The molecule has 3 saturated heterocycles. The molecule has 0 saturated carbocycles. The van der Waals surface area contributed by atoms with E-state index in [9.17, 15) is 9.90 Å². The van der Waals surface area contributed by atoms with Crippen LogP contribution in [0.4, 0.5) is 0 Å². The van der Waals surface area contributed by atoms with Crippen LogP contribution in [0.3, 0.4) is 0 Å². The highest BCUT2D eigenvalue weighted by Gasteiger charge is 2.37. The van der Waals surface area contributed by atoms with Gasteiger partial charge >= 0.3 is 0 Å². The number of benzene rings is 2. The molecule has 4 heteroatoms. The molecule has 2 aromatic rings. The van der Waals surface area contributed by atoms with E-state index in [-0.39, 0.29) is 17.7 Å². The number of carbonyl (C=O) groups is 1. The van der Waals surface area contributed by atoms with Crippen molar-refractivity contribution in [3.05, 3.63) is 42.0 Å². The van der Waals surface area contributed by atoms with Gasteiger partial charge in [0.25, 0.3) is 5.91 Å². The first kappa shape index (κ1) is 14.5. The molecular formula is C19H22N2O2. The summed E-state index contributed by atoms with van der Waals surface area (Å²) in [5.74, 6) is 0.603. The second-order valence-corrected chi connectivity index (χ2v) is 6.96. The summed E-state index contributed by atoms with van der Waals surface area (Å²) >= 11 is 0. The first-order valence-electron chi connectivity index (χ1n) is 8.33. The van der Waals surface area contributed by atoms with Gasteiger partial charge in [0, 0.05) is 25.7 Å². The van der Waals surface area contributed by atoms with E-state index in [1.54, 1.807) is 6.07 Å². The van der Waals surface area contributed by atoms with Gasteiger partial charge in [-0.15, -0.1) is 0 Å². The van der Waals surface area contributed by atoms with E-state index in [1.807, 2.05) is 35.2 Å². The van der Waals surface area contributed by atoms with Gasteiger partial charge in [-0.05, 0) is 42.6 Å². The monoisotopic (exact) mass is 310 g/mol. The highest BCUT2D eigenvalue weighted by molar-refractivity contribution is 6.09. The van der Waals surface area contributed by atoms with Crippen LogP contribution in [0.1, 0.15) is 23.2 Å². The summed E-state index contributed by atoms with van der Waals surface area (Å²) in [6.07, 6.45) is 2.26. The molecule has 0 aliphatic carbocycles. The molecule has 3 fully saturated rings. The minimum Gasteiger partial charge on any atom is -0.507 e. The summed E-state index contributed by atoms with van der Waals surface area (Å²) in [5.41, 5.74) is 0.457. The smallest absolute Gasteiger partial charge is 0.258 e.